The van der Waals surface area contributed by atoms with E-state index in [1.54, 1.807) is 36.4 Å². The minimum atomic E-state index is -0.596. The molecule has 0 aliphatic rings. The summed E-state index contributed by atoms with van der Waals surface area (Å²) in [4.78, 5) is 29.0. The molecule has 0 aliphatic carbocycles. The standard InChI is InChI=1S/C18H14BrN3O3/c1-25-13-7-4-10-8-9-21-16(14(10)15(13)19)18(24)22-17(23)11-2-5-12(20)6-3-11/h2-9H,20H2,1H3,(H,22,23,24). The normalized spacial score (nSPS) is 10.5. The van der Waals surface area contributed by atoms with E-state index in [9.17, 15) is 9.59 Å². The molecule has 6 nitrogen and oxygen atoms in total. The molecule has 3 N–H and O–H groups in total. The summed E-state index contributed by atoms with van der Waals surface area (Å²) in [6.45, 7) is 0. The molecule has 1 heterocycles. The molecule has 2 aromatic carbocycles. The molecule has 0 bridgehead atoms. The van der Waals surface area contributed by atoms with Crippen molar-refractivity contribution in [2.24, 2.45) is 0 Å². The Kier molecular flexibility index (Phi) is 4.67. The number of hydrogen-bond donors (Lipinski definition) is 2. The van der Waals surface area contributed by atoms with Gasteiger partial charge in [-0.1, -0.05) is 6.07 Å². The molecule has 7 heteroatoms. The summed E-state index contributed by atoms with van der Waals surface area (Å²) in [5, 5.41) is 3.72. The van der Waals surface area contributed by atoms with Crippen molar-refractivity contribution in [2.75, 3.05) is 12.8 Å². The Bertz CT molecular complexity index is 971. The van der Waals surface area contributed by atoms with Gasteiger partial charge < -0.3 is 10.5 Å². The fraction of sp³-hybridized carbons (Fsp3) is 0.0556. The average molecular weight is 400 g/mol. The van der Waals surface area contributed by atoms with Crippen molar-refractivity contribution in [3.8, 4) is 5.75 Å². The van der Waals surface area contributed by atoms with Crippen LogP contribution in [0.4, 0.5) is 5.69 Å². The van der Waals surface area contributed by atoms with Crippen LogP contribution in [-0.4, -0.2) is 23.9 Å². The molecule has 0 radical (unpaired) electrons. The van der Waals surface area contributed by atoms with Crippen LogP contribution in [0.25, 0.3) is 10.8 Å². The first kappa shape index (κ1) is 16.9. The van der Waals surface area contributed by atoms with E-state index in [1.165, 1.54) is 13.3 Å². The second kappa shape index (κ2) is 6.90. The molecule has 3 aromatic rings. The summed E-state index contributed by atoms with van der Waals surface area (Å²) in [6.07, 6.45) is 1.52. The lowest BCUT2D eigenvalue weighted by molar-refractivity contribution is 0.0847. The van der Waals surface area contributed by atoms with E-state index in [1.807, 2.05) is 6.07 Å². The van der Waals surface area contributed by atoms with E-state index in [0.29, 0.717) is 26.9 Å². The van der Waals surface area contributed by atoms with Gasteiger partial charge in [0.25, 0.3) is 11.8 Å². The third-order valence-electron chi connectivity index (χ3n) is 3.67. The van der Waals surface area contributed by atoms with Gasteiger partial charge in [-0.2, -0.15) is 0 Å². The SMILES string of the molecule is COc1ccc2ccnc(C(=O)NC(=O)c3ccc(N)cc3)c2c1Br. The minimum Gasteiger partial charge on any atom is -0.496 e. The lowest BCUT2D eigenvalue weighted by atomic mass is 10.1. The summed E-state index contributed by atoms with van der Waals surface area (Å²) in [6, 6.07) is 11.7. The van der Waals surface area contributed by atoms with Crippen molar-refractivity contribution >= 4 is 44.2 Å². The summed E-state index contributed by atoms with van der Waals surface area (Å²) in [5.74, 6) is -0.552. The van der Waals surface area contributed by atoms with E-state index >= 15 is 0 Å². The van der Waals surface area contributed by atoms with Gasteiger partial charge >= 0.3 is 0 Å². The molecular formula is C18H14BrN3O3. The van der Waals surface area contributed by atoms with Gasteiger partial charge in [-0.05, 0) is 57.7 Å². The number of aromatic nitrogens is 1. The van der Waals surface area contributed by atoms with E-state index in [-0.39, 0.29) is 5.69 Å². The summed E-state index contributed by atoms with van der Waals surface area (Å²) in [5.41, 5.74) is 6.60. The van der Waals surface area contributed by atoms with E-state index in [2.05, 4.69) is 26.2 Å². The number of ether oxygens (including phenoxy) is 1. The maximum absolute atomic E-state index is 12.6. The van der Waals surface area contributed by atoms with Crippen LogP contribution in [-0.2, 0) is 0 Å². The minimum absolute atomic E-state index is 0.132. The molecule has 126 valence electrons. The lowest BCUT2D eigenvalue weighted by Crippen LogP contribution is -2.31. The van der Waals surface area contributed by atoms with Crippen LogP contribution in [0.15, 0.2) is 53.1 Å². The Morgan fingerprint density at radius 1 is 1.08 bits per heavy atom. The van der Waals surface area contributed by atoms with Crippen LogP contribution in [0.5, 0.6) is 5.75 Å². The molecule has 0 fully saturated rings. The van der Waals surface area contributed by atoms with Crippen molar-refractivity contribution in [3.63, 3.8) is 0 Å². The average Bonchev–Trinajstić information content (AvgIpc) is 2.62. The number of carbonyl (C=O) groups is 2. The van der Waals surface area contributed by atoms with E-state index < -0.39 is 11.8 Å². The van der Waals surface area contributed by atoms with Gasteiger partial charge in [-0.25, -0.2) is 0 Å². The second-order valence-corrected chi connectivity index (χ2v) is 6.04. The quantitative estimate of drug-likeness (QED) is 0.520. The highest BCUT2D eigenvalue weighted by atomic mass is 79.9. The van der Waals surface area contributed by atoms with Gasteiger partial charge in [0.05, 0.1) is 11.6 Å². The molecule has 0 saturated carbocycles. The second-order valence-electron chi connectivity index (χ2n) is 5.24. The van der Waals surface area contributed by atoms with Crippen molar-refractivity contribution in [1.82, 2.24) is 10.3 Å². The fourth-order valence-electron chi connectivity index (χ4n) is 2.41. The van der Waals surface area contributed by atoms with Crippen LogP contribution in [0.3, 0.4) is 0 Å². The zero-order valence-corrected chi connectivity index (χ0v) is 14.8. The molecule has 0 atom stereocenters. The smallest absolute Gasteiger partial charge is 0.277 e. The van der Waals surface area contributed by atoms with Gasteiger partial charge in [0, 0.05) is 22.8 Å². The highest BCUT2D eigenvalue weighted by Crippen LogP contribution is 2.34. The molecule has 25 heavy (non-hydrogen) atoms. The Hall–Kier alpha value is -2.93. The number of rotatable bonds is 3. The predicted octanol–water partition coefficient (Wildman–Crippen LogP) is 3.16. The largest absolute Gasteiger partial charge is 0.496 e. The number of halogens is 1. The number of imide groups is 1. The first-order valence-electron chi connectivity index (χ1n) is 7.33. The highest BCUT2D eigenvalue weighted by molar-refractivity contribution is 9.10. The van der Waals surface area contributed by atoms with E-state index in [0.717, 1.165) is 5.39 Å². The summed E-state index contributed by atoms with van der Waals surface area (Å²) >= 11 is 3.44. The zero-order valence-electron chi connectivity index (χ0n) is 13.2. The Morgan fingerprint density at radius 2 is 1.80 bits per heavy atom. The molecule has 0 spiro atoms. The Balaban J connectivity index is 1.97. The number of nitrogens with zero attached hydrogens (tertiary/aromatic N) is 1. The highest BCUT2D eigenvalue weighted by Gasteiger charge is 2.19. The number of amides is 2. The zero-order chi connectivity index (χ0) is 18.0. The monoisotopic (exact) mass is 399 g/mol. The third kappa shape index (κ3) is 3.32. The predicted molar refractivity (Wildman–Crippen MR) is 98.6 cm³/mol. The van der Waals surface area contributed by atoms with Gasteiger partial charge in [-0.3, -0.25) is 19.9 Å². The molecule has 0 unspecified atom stereocenters. The van der Waals surface area contributed by atoms with Gasteiger partial charge in [-0.15, -0.1) is 0 Å². The lowest BCUT2D eigenvalue weighted by Gasteiger charge is -2.10. The number of nitrogens with one attached hydrogen (secondary N) is 1. The number of fused-ring (bicyclic) bond motifs is 1. The molecule has 1 aromatic heterocycles. The number of pyridine rings is 1. The first-order valence-corrected chi connectivity index (χ1v) is 8.13. The van der Waals surface area contributed by atoms with Crippen molar-refractivity contribution in [2.45, 2.75) is 0 Å². The Labute approximate surface area is 152 Å². The van der Waals surface area contributed by atoms with Crippen LogP contribution >= 0.6 is 15.9 Å². The van der Waals surface area contributed by atoms with Crippen LogP contribution in [0.1, 0.15) is 20.8 Å². The van der Waals surface area contributed by atoms with Gasteiger partial charge in [0.2, 0.25) is 0 Å². The van der Waals surface area contributed by atoms with Gasteiger partial charge in [0.1, 0.15) is 11.4 Å². The number of methoxy groups -OCH3 is 1. The van der Waals surface area contributed by atoms with Crippen LogP contribution < -0.4 is 15.8 Å². The van der Waals surface area contributed by atoms with Crippen molar-refractivity contribution in [1.29, 1.82) is 0 Å². The maximum atomic E-state index is 12.6. The van der Waals surface area contributed by atoms with Crippen LogP contribution in [0.2, 0.25) is 0 Å². The van der Waals surface area contributed by atoms with E-state index in [4.69, 9.17) is 10.5 Å². The molecule has 0 aliphatic heterocycles. The number of hydrogen-bond acceptors (Lipinski definition) is 5. The molecule has 3 rings (SSSR count). The maximum Gasteiger partial charge on any atom is 0.277 e. The number of nitrogen functional groups attached to an aromatic ring is 1. The van der Waals surface area contributed by atoms with Crippen molar-refractivity contribution in [3.05, 3.63) is 64.4 Å². The fourth-order valence-corrected chi connectivity index (χ4v) is 3.12. The molecular weight excluding hydrogens is 386 g/mol. The van der Waals surface area contributed by atoms with Crippen molar-refractivity contribution < 1.29 is 14.3 Å². The summed E-state index contributed by atoms with van der Waals surface area (Å²) in [7, 11) is 1.53. The summed E-state index contributed by atoms with van der Waals surface area (Å²) < 4.78 is 5.87. The molecule has 0 saturated heterocycles. The number of carbonyl (C=O) groups excluding carboxylic acids is 2. The first-order chi connectivity index (χ1) is 12.0. The number of anilines is 1. The van der Waals surface area contributed by atoms with Gasteiger partial charge in [0.15, 0.2) is 0 Å². The Morgan fingerprint density at radius 3 is 2.48 bits per heavy atom. The molecule has 2 amide bonds. The van der Waals surface area contributed by atoms with Crippen LogP contribution in [0, 0.1) is 0 Å². The number of nitrogens with two attached hydrogens (primary N) is 1. The topological polar surface area (TPSA) is 94.3 Å². The third-order valence-corrected chi connectivity index (χ3v) is 4.46. The number of benzene rings is 2.